The number of benzene rings is 2. The molecule has 0 fully saturated rings. The molecule has 35 heavy (non-hydrogen) atoms. The van der Waals surface area contributed by atoms with E-state index < -0.39 is 23.2 Å². The molecule has 0 radical (unpaired) electrons. The van der Waals surface area contributed by atoms with Crippen LogP contribution in [-0.4, -0.2) is 24.0 Å². The molecule has 12 heteroatoms. The maximum atomic E-state index is 13.3. The van der Waals surface area contributed by atoms with Gasteiger partial charge in [0.2, 0.25) is 11.7 Å². The van der Waals surface area contributed by atoms with E-state index in [-0.39, 0.29) is 16.4 Å². The Bertz CT molecular complexity index is 1640. The van der Waals surface area contributed by atoms with E-state index >= 15 is 0 Å². The molecule has 1 N–H and O–H groups in total. The zero-order chi connectivity index (χ0) is 24.9. The zero-order valence-electron chi connectivity index (χ0n) is 17.4. The van der Waals surface area contributed by atoms with Gasteiger partial charge in [0.25, 0.3) is 5.56 Å². The summed E-state index contributed by atoms with van der Waals surface area (Å²) >= 11 is 13.3. The first-order valence-corrected chi connectivity index (χ1v) is 11.6. The maximum absolute atomic E-state index is 13.3. The third-order valence-corrected chi connectivity index (χ3v) is 6.75. The van der Waals surface area contributed by atoms with E-state index in [0.717, 1.165) is 17.0 Å². The van der Waals surface area contributed by atoms with Crippen molar-refractivity contribution in [2.45, 2.75) is 12.7 Å². The number of aromatic nitrogens is 4. The molecule has 0 saturated heterocycles. The number of imidazole rings is 1. The van der Waals surface area contributed by atoms with Crippen LogP contribution in [0.3, 0.4) is 0 Å². The number of halogens is 5. The molecule has 0 amide bonds. The van der Waals surface area contributed by atoms with Gasteiger partial charge in [-0.25, -0.2) is 4.98 Å². The highest BCUT2D eigenvalue weighted by atomic mass is 35.5. The van der Waals surface area contributed by atoms with Crippen molar-refractivity contribution in [2.75, 3.05) is 0 Å². The monoisotopic (exact) mass is 536 g/mol. The quantitative estimate of drug-likeness (QED) is 0.290. The number of hydrogen-bond acceptors (Lipinski definition) is 5. The average molecular weight is 537 g/mol. The number of rotatable bonds is 4. The Morgan fingerprint density at radius 2 is 1.83 bits per heavy atom. The van der Waals surface area contributed by atoms with Crippen LogP contribution in [0.15, 0.2) is 65.8 Å². The maximum Gasteiger partial charge on any atom is 0.416 e. The third-order valence-electron chi connectivity index (χ3n) is 5.34. The van der Waals surface area contributed by atoms with Crippen LogP contribution in [0, 0.1) is 0 Å². The van der Waals surface area contributed by atoms with E-state index in [1.54, 1.807) is 41.2 Å². The second-order valence-electron chi connectivity index (χ2n) is 7.56. The van der Waals surface area contributed by atoms with Gasteiger partial charge in [-0.05, 0) is 29.3 Å². The second-order valence-corrected chi connectivity index (χ2v) is 9.67. The minimum Gasteiger partial charge on any atom is -0.493 e. The Hall–Kier alpha value is -3.34. The van der Waals surface area contributed by atoms with Gasteiger partial charge in [-0.3, -0.25) is 9.20 Å². The van der Waals surface area contributed by atoms with Gasteiger partial charge in [0.15, 0.2) is 4.47 Å². The van der Waals surface area contributed by atoms with E-state index in [1.807, 2.05) is 0 Å². The molecule has 0 aliphatic carbocycles. The molecule has 3 aromatic heterocycles. The van der Waals surface area contributed by atoms with Crippen LogP contribution < -0.4 is 5.56 Å². The van der Waals surface area contributed by atoms with E-state index in [9.17, 15) is 23.1 Å². The summed E-state index contributed by atoms with van der Waals surface area (Å²) < 4.78 is 42.3. The molecule has 0 unspecified atom stereocenters. The molecule has 0 aliphatic heterocycles. The fourth-order valence-corrected chi connectivity index (χ4v) is 5.00. The molecule has 5 rings (SSSR count). The topological polar surface area (TPSA) is 72.4 Å². The van der Waals surface area contributed by atoms with Crippen LogP contribution >= 0.6 is 34.5 Å². The molecular weight excluding hydrogens is 524 g/mol. The third kappa shape index (κ3) is 4.40. The summed E-state index contributed by atoms with van der Waals surface area (Å²) in [5, 5.41) is 10.6. The largest absolute Gasteiger partial charge is 0.493 e. The van der Waals surface area contributed by atoms with Crippen molar-refractivity contribution in [3.8, 4) is 28.1 Å². The lowest BCUT2D eigenvalue weighted by Crippen LogP contribution is -2.17. The van der Waals surface area contributed by atoms with E-state index in [4.69, 9.17) is 23.2 Å². The van der Waals surface area contributed by atoms with Crippen molar-refractivity contribution in [3.05, 3.63) is 91.3 Å². The predicted molar refractivity (Wildman–Crippen MR) is 128 cm³/mol. The van der Waals surface area contributed by atoms with Crippen molar-refractivity contribution in [3.63, 3.8) is 0 Å². The van der Waals surface area contributed by atoms with Gasteiger partial charge in [-0.1, -0.05) is 47.5 Å². The standard InChI is InChI=1S/C23H13Cl2F3N4O2S/c24-17-9-14(23(26,27)28)4-5-16(17)12-2-1-3-13(8-12)18-19(33)30-22-31(6-7-32(22)20(18)34)11-15-10-29-21(25)35-15/h1-10,33H,11H2. The summed E-state index contributed by atoms with van der Waals surface area (Å²) in [5.41, 5.74) is -0.257. The number of alkyl halides is 3. The predicted octanol–water partition coefficient (Wildman–Crippen LogP) is 6.37. The van der Waals surface area contributed by atoms with Crippen molar-refractivity contribution in [2.24, 2.45) is 0 Å². The van der Waals surface area contributed by atoms with Crippen molar-refractivity contribution in [1.82, 2.24) is 18.9 Å². The van der Waals surface area contributed by atoms with Gasteiger partial charge in [0.05, 0.1) is 12.1 Å². The number of thiazole rings is 1. The van der Waals surface area contributed by atoms with Gasteiger partial charge in [0, 0.05) is 34.1 Å². The molecule has 6 nitrogen and oxygen atoms in total. The normalized spacial score (nSPS) is 11.9. The molecule has 0 atom stereocenters. The number of fused-ring (bicyclic) bond motifs is 1. The lowest BCUT2D eigenvalue weighted by Gasteiger charge is -2.12. The fourth-order valence-electron chi connectivity index (χ4n) is 3.73. The Kier molecular flexibility index (Phi) is 5.82. The van der Waals surface area contributed by atoms with Crippen LogP contribution in [0.4, 0.5) is 13.2 Å². The summed E-state index contributed by atoms with van der Waals surface area (Å²) in [5.74, 6) is -0.254. The molecule has 178 valence electrons. The van der Waals surface area contributed by atoms with Crippen LogP contribution in [0.25, 0.3) is 28.0 Å². The van der Waals surface area contributed by atoms with Crippen molar-refractivity contribution < 1.29 is 18.3 Å². The molecule has 0 saturated carbocycles. The second kappa shape index (κ2) is 8.71. The van der Waals surface area contributed by atoms with Crippen LogP contribution in [0.1, 0.15) is 10.4 Å². The van der Waals surface area contributed by atoms with E-state index in [0.29, 0.717) is 27.7 Å². The molecule has 5 aromatic rings. The van der Waals surface area contributed by atoms with Crippen molar-refractivity contribution >= 4 is 40.3 Å². The Labute approximate surface area is 209 Å². The number of nitrogens with zero attached hydrogens (tertiary/aromatic N) is 4. The van der Waals surface area contributed by atoms with Gasteiger partial charge in [-0.2, -0.15) is 18.2 Å². The Morgan fingerprint density at radius 3 is 2.51 bits per heavy atom. The van der Waals surface area contributed by atoms with Gasteiger partial charge >= 0.3 is 6.18 Å². The summed E-state index contributed by atoms with van der Waals surface area (Å²) in [4.78, 5) is 22.3. The minimum absolute atomic E-state index is 0.0500. The highest BCUT2D eigenvalue weighted by Gasteiger charge is 2.31. The molecule has 0 spiro atoms. The van der Waals surface area contributed by atoms with Crippen LogP contribution in [0.5, 0.6) is 5.88 Å². The Balaban J connectivity index is 1.56. The molecule has 3 heterocycles. The lowest BCUT2D eigenvalue weighted by molar-refractivity contribution is -0.137. The SMILES string of the molecule is O=c1c(-c2cccc(-c3ccc(C(F)(F)F)cc3Cl)c2)c(O)nc2n(Cc3cnc(Cl)s3)ccn12. The summed E-state index contributed by atoms with van der Waals surface area (Å²) in [6, 6.07) is 9.48. The van der Waals surface area contributed by atoms with E-state index in [2.05, 4.69) is 9.97 Å². The smallest absolute Gasteiger partial charge is 0.416 e. The fraction of sp³-hybridized carbons (Fsp3) is 0.0870. The minimum atomic E-state index is -4.52. The van der Waals surface area contributed by atoms with Crippen LogP contribution in [0.2, 0.25) is 9.49 Å². The van der Waals surface area contributed by atoms with Crippen molar-refractivity contribution in [1.29, 1.82) is 0 Å². The van der Waals surface area contributed by atoms with Crippen LogP contribution in [-0.2, 0) is 12.7 Å². The molecular formula is C23H13Cl2F3N4O2S. The zero-order valence-corrected chi connectivity index (χ0v) is 19.8. The van der Waals surface area contributed by atoms with Gasteiger partial charge in [0.1, 0.15) is 5.56 Å². The Morgan fingerprint density at radius 1 is 1.06 bits per heavy atom. The van der Waals surface area contributed by atoms with E-state index in [1.165, 1.54) is 28.0 Å². The first kappa shape index (κ1) is 23.4. The van der Waals surface area contributed by atoms with Gasteiger partial charge in [-0.15, -0.1) is 11.3 Å². The molecule has 2 aromatic carbocycles. The lowest BCUT2D eigenvalue weighted by atomic mass is 9.99. The summed E-state index contributed by atoms with van der Waals surface area (Å²) in [6.45, 7) is 0.355. The number of aromatic hydroxyl groups is 1. The highest BCUT2D eigenvalue weighted by Crippen LogP contribution is 2.37. The molecule has 0 aliphatic rings. The average Bonchev–Trinajstić information content (AvgIpc) is 3.39. The summed E-state index contributed by atoms with van der Waals surface area (Å²) in [7, 11) is 0. The summed E-state index contributed by atoms with van der Waals surface area (Å²) in [6.07, 6.45) is 0.285. The number of hydrogen-bond donors (Lipinski definition) is 1. The van der Waals surface area contributed by atoms with Gasteiger partial charge < -0.3 is 9.67 Å². The first-order chi connectivity index (χ1) is 16.6. The first-order valence-electron chi connectivity index (χ1n) is 10.00. The highest BCUT2D eigenvalue weighted by molar-refractivity contribution is 7.15. The molecule has 0 bridgehead atoms.